The fourth-order valence-corrected chi connectivity index (χ4v) is 1.51. The quantitative estimate of drug-likeness (QED) is 0.636. The molecule has 0 aliphatic rings. The first-order chi connectivity index (χ1) is 7.72. The number of nitrogens with zero attached hydrogens (tertiary/aromatic N) is 1. The van der Waals surface area contributed by atoms with Gasteiger partial charge in [0.05, 0.1) is 12.0 Å². The highest BCUT2D eigenvalue weighted by Crippen LogP contribution is 2.29. The average Bonchev–Trinajstić information content (AvgIpc) is 2.77. The summed E-state index contributed by atoms with van der Waals surface area (Å²) in [7, 11) is 1.57. The van der Waals surface area contributed by atoms with Crippen molar-refractivity contribution in [3.8, 4) is 17.0 Å². The molecule has 82 valence electrons. The molecule has 1 heterocycles. The lowest BCUT2D eigenvalue weighted by Gasteiger charge is -2.02. The molecule has 0 bridgehead atoms. The number of hydrogen-bond donors (Lipinski definition) is 1. The highest BCUT2D eigenvalue weighted by Gasteiger charge is 2.09. The summed E-state index contributed by atoms with van der Waals surface area (Å²) in [5.41, 5.74) is 1.85. The summed E-state index contributed by atoms with van der Waals surface area (Å²) >= 11 is 0. The normalized spacial score (nSPS) is 10.1. The number of rotatable bonds is 3. The molecule has 0 saturated heterocycles. The Morgan fingerprint density at radius 2 is 1.94 bits per heavy atom. The van der Waals surface area contributed by atoms with Gasteiger partial charge in [-0.25, -0.2) is 0 Å². The molecule has 0 spiro atoms. The van der Waals surface area contributed by atoms with Crippen molar-refractivity contribution in [2.75, 3.05) is 7.11 Å². The minimum absolute atomic E-state index is 0.0817. The SMILES string of the molecule is COc1[nH]ccc1-c1ccc([N+](=O)[O-])cc1. The molecule has 0 saturated carbocycles. The summed E-state index contributed by atoms with van der Waals surface area (Å²) in [5, 5.41) is 10.5. The van der Waals surface area contributed by atoms with Crippen LogP contribution in [0.5, 0.6) is 5.88 Å². The van der Waals surface area contributed by atoms with Crippen molar-refractivity contribution >= 4 is 5.69 Å². The van der Waals surface area contributed by atoms with E-state index in [1.807, 2.05) is 6.07 Å². The Balaban J connectivity index is 2.38. The third kappa shape index (κ3) is 1.75. The average molecular weight is 218 g/mol. The standard InChI is InChI=1S/C11H10N2O3/c1-16-11-10(6-7-12-11)8-2-4-9(5-3-8)13(14)15/h2-7,12H,1H3. The number of nitro groups is 1. The lowest BCUT2D eigenvalue weighted by molar-refractivity contribution is -0.384. The molecule has 0 unspecified atom stereocenters. The molecule has 1 N–H and O–H groups in total. The van der Waals surface area contributed by atoms with Crippen molar-refractivity contribution in [1.29, 1.82) is 0 Å². The van der Waals surface area contributed by atoms with Crippen LogP contribution in [0.2, 0.25) is 0 Å². The molecular weight excluding hydrogens is 208 g/mol. The second-order valence-electron chi connectivity index (χ2n) is 3.23. The van der Waals surface area contributed by atoms with Crippen LogP contribution in [0.4, 0.5) is 5.69 Å². The van der Waals surface area contributed by atoms with Crippen molar-refractivity contribution in [2.45, 2.75) is 0 Å². The topological polar surface area (TPSA) is 68.2 Å². The molecular formula is C11H10N2O3. The van der Waals surface area contributed by atoms with Gasteiger partial charge in [0.2, 0.25) is 0 Å². The van der Waals surface area contributed by atoms with Crippen LogP contribution >= 0.6 is 0 Å². The summed E-state index contributed by atoms with van der Waals surface area (Å²) in [4.78, 5) is 13.0. The van der Waals surface area contributed by atoms with Crippen LogP contribution < -0.4 is 4.74 Å². The van der Waals surface area contributed by atoms with Gasteiger partial charge in [0.25, 0.3) is 5.69 Å². The van der Waals surface area contributed by atoms with Gasteiger partial charge in [0.15, 0.2) is 5.88 Å². The molecule has 0 aliphatic heterocycles. The number of H-pyrrole nitrogens is 1. The molecule has 0 fully saturated rings. The van der Waals surface area contributed by atoms with Crippen LogP contribution in [0.15, 0.2) is 36.5 Å². The van der Waals surface area contributed by atoms with Crippen molar-refractivity contribution in [2.24, 2.45) is 0 Å². The van der Waals surface area contributed by atoms with Crippen LogP contribution in [-0.2, 0) is 0 Å². The largest absolute Gasteiger partial charge is 0.482 e. The molecule has 5 heteroatoms. The molecule has 1 aromatic heterocycles. The minimum Gasteiger partial charge on any atom is -0.482 e. The molecule has 16 heavy (non-hydrogen) atoms. The summed E-state index contributed by atoms with van der Waals surface area (Å²) < 4.78 is 5.13. The van der Waals surface area contributed by atoms with Gasteiger partial charge in [-0.05, 0) is 23.8 Å². The number of ether oxygens (including phenoxy) is 1. The third-order valence-corrected chi connectivity index (χ3v) is 2.30. The van der Waals surface area contributed by atoms with E-state index >= 15 is 0 Å². The van der Waals surface area contributed by atoms with Gasteiger partial charge >= 0.3 is 0 Å². The number of hydrogen-bond acceptors (Lipinski definition) is 3. The summed E-state index contributed by atoms with van der Waals surface area (Å²) in [6.07, 6.45) is 1.76. The maximum absolute atomic E-state index is 10.5. The Bertz CT molecular complexity index is 502. The zero-order valence-electron chi connectivity index (χ0n) is 8.64. The van der Waals surface area contributed by atoms with E-state index in [2.05, 4.69) is 4.98 Å². The van der Waals surface area contributed by atoms with Gasteiger partial charge in [-0.2, -0.15) is 0 Å². The van der Waals surface area contributed by atoms with Crippen molar-refractivity contribution in [3.63, 3.8) is 0 Å². The van der Waals surface area contributed by atoms with Gasteiger partial charge < -0.3 is 9.72 Å². The van der Waals surface area contributed by atoms with E-state index in [-0.39, 0.29) is 5.69 Å². The maximum Gasteiger partial charge on any atom is 0.269 e. The van der Waals surface area contributed by atoms with Gasteiger partial charge in [-0.15, -0.1) is 0 Å². The highest BCUT2D eigenvalue weighted by atomic mass is 16.6. The predicted octanol–water partition coefficient (Wildman–Crippen LogP) is 2.60. The summed E-state index contributed by atoms with van der Waals surface area (Å²) in [5.74, 6) is 0.647. The Kier molecular flexibility index (Phi) is 2.59. The fraction of sp³-hybridized carbons (Fsp3) is 0.0909. The van der Waals surface area contributed by atoms with Gasteiger partial charge in [0.1, 0.15) is 0 Å². The maximum atomic E-state index is 10.5. The molecule has 5 nitrogen and oxygen atoms in total. The summed E-state index contributed by atoms with van der Waals surface area (Å²) in [6, 6.07) is 8.21. The Morgan fingerprint density at radius 3 is 2.50 bits per heavy atom. The van der Waals surface area contributed by atoms with Crippen molar-refractivity contribution in [3.05, 3.63) is 46.6 Å². The molecule has 0 atom stereocenters. The zero-order valence-corrected chi connectivity index (χ0v) is 8.64. The van der Waals surface area contributed by atoms with Crippen LogP contribution in [-0.4, -0.2) is 17.0 Å². The zero-order chi connectivity index (χ0) is 11.5. The van der Waals surface area contributed by atoms with E-state index in [0.717, 1.165) is 11.1 Å². The fourth-order valence-electron chi connectivity index (χ4n) is 1.51. The minimum atomic E-state index is -0.419. The first kappa shape index (κ1) is 10.2. The van der Waals surface area contributed by atoms with E-state index in [4.69, 9.17) is 4.74 Å². The Morgan fingerprint density at radius 1 is 1.25 bits per heavy atom. The van der Waals surface area contributed by atoms with E-state index in [9.17, 15) is 10.1 Å². The Hall–Kier alpha value is -2.30. The first-order valence-electron chi connectivity index (χ1n) is 4.68. The number of non-ortho nitro benzene ring substituents is 1. The van der Waals surface area contributed by atoms with Crippen molar-refractivity contribution in [1.82, 2.24) is 4.98 Å². The van der Waals surface area contributed by atoms with Crippen LogP contribution in [0.1, 0.15) is 0 Å². The highest BCUT2D eigenvalue weighted by molar-refractivity contribution is 5.69. The molecule has 2 aromatic rings. The second kappa shape index (κ2) is 4.06. The van der Waals surface area contributed by atoms with E-state index in [1.54, 1.807) is 25.4 Å². The molecule has 0 amide bonds. The number of aromatic nitrogens is 1. The smallest absolute Gasteiger partial charge is 0.269 e. The van der Waals surface area contributed by atoms with Crippen LogP contribution in [0.25, 0.3) is 11.1 Å². The monoisotopic (exact) mass is 218 g/mol. The number of benzene rings is 1. The lowest BCUT2D eigenvalue weighted by Crippen LogP contribution is -1.88. The van der Waals surface area contributed by atoms with Crippen molar-refractivity contribution < 1.29 is 9.66 Å². The molecule has 0 radical (unpaired) electrons. The van der Waals surface area contributed by atoms with E-state index in [0.29, 0.717) is 5.88 Å². The van der Waals surface area contributed by atoms with Gasteiger partial charge in [-0.1, -0.05) is 0 Å². The predicted molar refractivity (Wildman–Crippen MR) is 59.4 cm³/mol. The van der Waals surface area contributed by atoms with Gasteiger partial charge in [0, 0.05) is 23.9 Å². The number of nitro benzene ring substituents is 1. The number of aromatic amines is 1. The third-order valence-electron chi connectivity index (χ3n) is 2.30. The van der Waals surface area contributed by atoms with Crippen LogP contribution in [0.3, 0.4) is 0 Å². The Labute approximate surface area is 91.8 Å². The molecule has 2 rings (SSSR count). The van der Waals surface area contributed by atoms with E-state index < -0.39 is 4.92 Å². The van der Waals surface area contributed by atoms with E-state index in [1.165, 1.54) is 12.1 Å². The van der Waals surface area contributed by atoms with Crippen LogP contribution in [0, 0.1) is 10.1 Å². The lowest BCUT2D eigenvalue weighted by atomic mass is 10.1. The van der Waals surface area contributed by atoms with Gasteiger partial charge in [-0.3, -0.25) is 10.1 Å². The number of nitrogens with one attached hydrogen (secondary N) is 1. The second-order valence-corrected chi connectivity index (χ2v) is 3.23. The molecule has 0 aliphatic carbocycles. The number of methoxy groups -OCH3 is 1. The summed E-state index contributed by atoms with van der Waals surface area (Å²) in [6.45, 7) is 0. The molecule has 1 aromatic carbocycles. The first-order valence-corrected chi connectivity index (χ1v) is 4.68.